The smallest absolute Gasteiger partial charge is 0.280 e. The van der Waals surface area contributed by atoms with Crippen LogP contribution in [0.15, 0.2) is 84.2 Å². The van der Waals surface area contributed by atoms with E-state index >= 15 is 0 Å². The Morgan fingerprint density at radius 2 is 1.79 bits per heavy atom. The van der Waals surface area contributed by atoms with Crippen LogP contribution in [0.3, 0.4) is 0 Å². The summed E-state index contributed by atoms with van der Waals surface area (Å²) >= 11 is 0. The van der Waals surface area contributed by atoms with Crippen LogP contribution in [-0.4, -0.2) is 15.4 Å². The summed E-state index contributed by atoms with van der Waals surface area (Å²) < 4.78 is 17.1. The van der Waals surface area contributed by atoms with E-state index < -0.39 is 0 Å². The van der Waals surface area contributed by atoms with Gasteiger partial charge in [-0.05, 0) is 56.7 Å². The summed E-state index contributed by atoms with van der Waals surface area (Å²) in [5, 5.41) is 1.51. The summed E-state index contributed by atoms with van der Waals surface area (Å²) in [5.41, 5.74) is 3.22. The molecule has 0 aliphatic heterocycles. The van der Waals surface area contributed by atoms with Crippen molar-refractivity contribution in [3.05, 3.63) is 101 Å². The minimum Gasteiger partial charge on any atom is -0.331 e. The summed E-state index contributed by atoms with van der Waals surface area (Å²) in [6.45, 7) is 9.68. The first-order valence-corrected chi connectivity index (χ1v) is 10.8. The highest BCUT2D eigenvalue weighted by Gasteiger charge is 2.26. The monoisotopic (exact) mass is 440 g/mol. The fraction of sp³-hybridized carbons (Fsp3) is 0.143. The van der Waals surface area contributed by atoms with E-state index in [1.165, 1.54) is 12.1 Å². The average Bonchev–Trinajstić information content (AvgIpc) is 3.17. The van der Waals surface area contributed by atoms with Crippen molar-refractivity contribution in [3.63, 3.8) is 0 Å². The summed E-state index contributed by atoms with van der Waals surface area (Å²) in [7, 11) is 0. The van der Waals surface area contributed by atoms with Gasteiger partial charge in [0.15, 0.2) is 6.29 Å². The molecule has 0 fully saturated rings. The molecule has 2 aromatic carbocycles. The number of nitrogens with zero attached hydrogens (tertiary/aromatic N) is 2. The first kappa shape index (κ1) is 22.2. The number of hydrogen-bond acceptors (Lipinski definition) is 2. The molecule has 166 valence electrons. The van der Waals surface area contributed by atoms with E-state index in [-0.39, 0.29) is 17.4 Å². The first-order chi connectivity index (χ1) is 15.9. The lowest BCUT2D eigenvalue weighted by molar-refractivity contribution is 0.111. The number of halogens is 1. The number of carbonyl (C=O) groups excluding carboxylic acids is 1. The fourth-order valence-corrected chi connectivity index (χ4v) is 4.42. The van der Waals surface area contributed by atoms with E-state index in [2.05, 4.69) is 6.58 Å². The van der Waals surface area contributed by atoms with Crippen molar-refractivity contribution in [1.82, 2.24) is 9.13 Å². The topological polar surface area (TPSA) is 44.0 Å². The van der Waals surface area contributed by atoms with Gasteiger partial charge in [0.05, 0.1) is 11.2 Å². The van der Waals surface area contributed by atoms with Gasteiger partial charge in [-0.1, -0.05) is 49.1 Å². The molecule has 0 atom stereocenters. The Balaban J connectivity index is 2.33. The number of pyridine rings is 1. The Bertz CT molecular complexity index is 1500. The molecule has 4 nitrogen and oxygen atoms in total. The van der Waals surface area contributed by atoms with E-state index in [9.17, 15) is 14.0 Å². The lowest BCUT2D eigenvalue weighted by atomic mass is 9.99. The number of aldehydes is 1. The second-order valence-electron chi connectivity index (χ2n) is 8.05. The number of para-hydroxylation sites is 1. The zero-order valence-electron chi connectivity index (χ0n) is 18.9. The first-order valence-electron chi connectivity index (χ1n) is 10.8. The highest BCUT2D eigenvalue weighted by atomic mass is 19.1. The molecule has 0 unspecified atom stereocenters. The molecular weight excluding hydrogens is 415 g/mol. The second kappa shape index (κ2) is 8.87. The number of hydrogen-bond donors (Lipinski definition) is 0. The number of allylic oxidation sites excluding steroid dienone is 5. The number of fused-ring (bicyclic) bond motifs is 3. The van der Waals surface area contributed by atoms with Crippen molar-refractivity contribution in [3.8, 4) is 11.1 Å². The van der Waals surface area contributed by atoms with E-state index in [0.717, 1.165) is 11.7 Å². The van der Waals surface area contributed by atoms with E-state index in [0.29, 0.717) is 38.9 Å². The molecule has 0 amide bonds. The van der Waals surface area contributed by atoms with Gasteiger partial charge in [0.1, 0.15) is 11.3 Å². The highest BCUT2D eigenvalue weighted by Crippen LogP contribution is 2.39. The Hall–Kier alpha value is -3.99. The maximum absolute atomic E-state index is 14.1. The molecule has 0 saturated heterocycles. The van der Waals surface area contributed by atoms with Crippen molar-refractivity contribution >= 4 is 33.8 Å². The molecule has 0 spiro atoms. The molecular formula is C28H25FN2O2. The van der Waals surface area contributed by atoms with Crippen LogP contribution in [0.2, 0.25) is 0 Å². The van der Waals surface area contributed by atoms with Gasteiger partial charge >= 0.3 is 0 Å². The molecule has 0 saturated carbocycles. The van der Waals surface area contributed by atoms with Crippen LogP contribution >= 0.6 is 0 Å². The van der Waals surface area contributed by atoms with Gasteiger partial charge in [0, 0.05) is 28.1 Å². The summed E-state index contributed by atoms with van der Waals surface area (Å²) in [6.07, 6.45) is 7.98. The third-order valence-corrected chi connectivity index (χ3v) is 5.75. The predicted octanol–water partition coefficient (Wildman–Crippen LogP) is 6.76. The number of rotatable bonds is 6. The van der Waals surface area contributed by atoms with Crippen molar-refractivity contribution in [2.45, 2.75) is 26.8 Å². The fourth-order valence-electron chi connectivity index (χ4n) is 4.42. The van der Waals surface area contributed by atoms with Crippen LogP contribution in [0.25, 0.3) is 38.6 Å². The molecule has 2 heterocycles. The lowest BCUT2D eigenvalue weighted by Gasteiger charge is -2.15. The summed E-state index contributed by atoms with van der Waals surface area (Å²) in [6, 6.07) is 13.5. The molecule has 0 radical (unpaired) electrons. The van der Waals surface area contributed by atoms with Gasteiger partial charge < -0.3 is 4.57 Å². The van der Waals surface area contributed by atoms with Crippen molar-refractivity contribution in [1.29, 1.82) is 0 Å². The average molecular weight is 441 g/mol. The molecule has 0 bridgehead atoms. The summed E-state index contributed by atoms with van der Waals surface area (Å²) in [4.78, 5) is 26.4. The Morgan fingerprint density at radius 3 is 2.39 bits per heavy atom. The predicted molar refractivity (Wildman–Crippen MR) is 134 cm³/mol. The molecule has 0 N–H and O–H groups in total. The van der Waals surface area contributed by atoms with Gasteiger partial charge in [-0.3, -0.25) is 14.2 Å². The van der Waals surface area contributed by atoms with Crippen LogP contribution < -0.4 is 5.56 Å². The zero-order chi connectivity index (χ0) is 23.7. The minimum absolute atomic E-state index is 0.157. The Morgan fingerprint density at radius 1 is 1.09 bits per heavy atom. The van der Waals surface area contributed by atoms with E-state index in [1.54, 1.807) is 27.3 Å². The lowest BCUT2D eigenvalue weighted by Crippen LogP contribution is -2.22. The van der Waals surface area contributed by atoms with E-state index in [4.69, 9.17) is 0 Å². The van der Waals surface area contributed by atoms with E-state index in [1.807, 2.05) is 63.3 Å². The number of benzene rings is 2. The van der Waals surface area contributed by atoms with Gasteiger partial charge in [0.2, 0.25) is 0 Å². The summed E-state index contributed by atoms with van der Waals surface area (Å²) in [5.74, 6) is -0.365. The molecule has 0 aliphatic rings. The van der Waals surface area contributed by atoms with Crippen LogP contribution in [0.1, 0.15) is 37.3 Å². The molecule has 2 aromatic heterocycles. The van der Waals surface area contributed by atoms with Gasteiger partial charge in [-0.15, -0.1) is 0 Å². The standard InChI is InChI=1S/C28H25FN2O2/c1-5-7-10-21(6-2)31-23-12-9-8-11-22(23)26-25(19-13-15-20(29)16-14-19)24(17-32)30(18(3)4)27(26)28(31)33/h5-18H,2H2,1,3-4H3/b7-5-,21-10+. The van der Waals surface area contributed by atoms with Crippen molar-refractivity contribution in [2.75, 3.05) is 0 Å². The van der Waals surface area contributed by atoms with Gasteiger partial charge in [-0.2, -0.15) is 0 Å². The van der Waals surface area contributed by atoms with Crippen molar-refractivity contribution in [2.24, 2.45) is 0 Å². The molecule has 0 aliphatic carbocycles. The third kappa shape index (κ3) is 3.55. The third-order valence-electron chi connectivity index (χ3n) is 5.75. The number of aromatic nitrogens is 2. The van der Waals surface area contributed by atoms with Gasteiger partial charge in [0.25, 0.3) is 5.56 Å². The molecule has 5 heteroatoms. The highest BCUT2D eigenvalue weighted by molar-refractivity contribution is 6.17. The minimum atomic E-state index is -0.365. The van der Waals surface area contributed by atoms with Crippen LogP contribution in [0.4, 0.5) is 4.39 Å². The Labute approximate surface area is 191 Å². The maximum Gasteiger partial charge on any atom is 0.280 e. The van der Waals surface area contributed by atoms with Crippen LogP contribution in [0.5, 0.6) is 0 Å². The van der Waals surface area contributed by atoms with Gasteiger partial charge in [-0.25, -0.2) is 4.39 Å². The Kier molecular flexibility index (Phi) is 5.97. The van der Waals surface area contributed by atoms with Crippen molar-refractivity contribution < 1.29 is 9.18 Å². The molecule has 4 rings (SSSR count). The normalized spacial score (nSPS) is 12.3. The quantitative estimate of drug-likeness (QED) is 0.246. The maximum atomic E-state index is 14.1. The largest absolute Gasteiger partial charge is 0.331 e. The SMILES string of the molecule is C=C/C(=C\C=C/C)n1c(=O)c2c(c(-c3ccc(F)cc3)c(C=O)n2C(C)C)c2ccccc21. The van der Waals surface area contributed by atoms with Crippen LogP contribution in [0, 0.1) is 5.82 Å². The molecule has 4 aromatic rings. The zero-order valence-corrected chi connectivity index (χ0v) is 18.9. The number of carbonyl (C=O) groups is 1. The van der Waals surface area contributed by atoms with Crippen LogP contribution in [-0.2, 0) is 0 Å². The molecule has 33 heavy (non-hydrogen) atoms. The second-order valence-corrected chi connectivity index (χ2v) is 8.05.